The second kappa shape index (κ2) is 5.86. The van der Waals surface area contributed by atoms with Gasteiger partial charge in [0, 0.05) is 36.4 Å². The van der Waals surface area contributed by atoms with Gasteiger partial charge in [0.2, 0.25) is 0 Å². The van der Waals surface area contributed by atoms with Gasteiger partial charge in [-0.25, -0.2) is 4.98 Å². The monoisotopic (exact) mass is 276 g/mol. The number of H-pyrrole nitrogens is 1. The Balaban J connectivity index is 1.57. The smallest absolute Gasteiger partial charge is 0.109 e. The number of piperidine rings is 1. The van der Waals surface area contributed by atoms with Gasteiger partial charge in [0.15, 0.2) is 0 Å². The van der Waals surface area contributed by atoms with Crippen LogP contribution in [0, 0.1) is 5.92 Å². The van der Waals surface area contributed by atoms with E-state index >= 15 is 0 Å². The molecule has 1 aromatic rings. The molecule has 2 atom stereocenters. The van der Waals surface area contributed by atoms with E-state index in [0.717, 1.165) is 25.2 Å². The molecule has 3 heterocycles. The molecule has 2 N–H and O–H groups in total. The predicted octanol–water partition coefficient (Wildman–Crippen LogP) is 2.50. The van der Waals surface area contributed by atoms with Crippen LogP contribution < -0.4 is 5.32 Å². The average Bonchev–Trinajstić information content (AvgIpc) is 2.92. The Morgan fingerprint density at radius 3 is 2.70 bits per heavy atom. The van der Waals surface area contributed by atoms with E-state index in [4.69, 9.17) is 0 Å². The van der Waals surface area contributed by atoms with Gasteiger partial charge in [-0.15, -0.1) is 0 Å². The summed E-state index contributed by atoms with van der Waals surface area (Å²) in [5, 5.41) is 3.47. The molecular weight excluding hydrogens is 248 g/mol. The topological polar surface area (TPSA) is 44.0 Å². The standard InChI is InChI=1S/C16H28N4/c1-11(2)8-17-9-13-10-18-16(19-13)12-6-14-4-5-15(7-12)20(14)3/h10-12,14-15,17H,4-9H2,1-3H3,(H,18,19). The van der Waals surface area contributed by atoms with Crippen molar-refractivity contribution in [3.8, 4) is 0 Å². The van der Waals surface area contributed by atoms with Crippen LogP contribution >= 0.6 is 0 Å². The number of hydrogen-bond donors (Lipinski definition) is 2. The molecule has 2 aliphatic rings. The summed E-state index contributed by atoms with van der Waals surface area (Å²) in [4.78, 5) is 10.8. The van der Waals surface area contributed by atoms with E-state index in [1.54, 1.807) is 0 Å². The fourth-order valence-electron chi connectivity index (χ4n) is 3.80. The molecule has 2 saturated heterocycles. The van der Waals surface area contributed by atoms with Crippen LogP contribution in [0.4, 0.5) is 0 Å². The Kier molecular flexibility index (Phi) is 4.13. The molecule has 2 fully saturated rings. The zero-order chi connectivity index (χ0) is 14.1. The van der Waals surface area contributed by atoms with E-state index in [-0.39, 0.29) is 0 Å². The van der Waals surface area contributed by atoms with Gasteiger partial charge in [-0.2, -0.15) is 0 Å². The Bertz CT molecular complexity index is 425. The van der Waals surface area contributed by atoms with Gasteiger partial charge in [0.25, 0.3) is 0 Å². The average molecular weight is 276 g/mol. The summed E-state index contributed by atoms with van der Waals surface area (Å²) in [5.74, 6) is 2.56. The van der Waals surface area contributed by atoms with E-state index in [1.807, 2.05) is 6.20 Å². The summed E-state index contributed by atoms with van der Waals surface area (Å²) in [6.07, 6.45) is 7.32. The Hall–Kier alpha value is -0.870. The van der Waals surface area contributed by atoms with Crippen molar-refractivity contribution < 1.29 is 0 Å². The van der Waals surface area contributed by atoms with Crippen molar-refractivity contribution in [2.24, 2.45) is 5.92 Å². The summed E-state index contributed by atoms with van der Waals surface area (Å²) in [6.45, 7) is 6.44. The van der Waals surface area contributed by atoms with Gasteiger partial charge in [-0.1, -0.05) is 13.8 Å². The molecule has 4 nitrogen and oxygen atoms in total. The zero-order valence-electron chi connectivity index (χ0n) is 13.0. The van der Waals surface area contributed by atoms with Gasteiger partial charge in [0.05, 0.1) is 0 Å². The lowest BCUT2D eigenvalue weighted by atomic mass is 9.90. The maximum Gasteiger partial charge on any atom is 0.109 e. The minimum Gasteiger partial charge on any atom is -0.345 e. The van der Waals surface area contributed by atoms with Crippen LogP contribution in [0.5, 0.6) is 0 Å². The third-order valence-electron chi connectivity index (χ3n) is 5.00. The number of nitrogens with zero attached hydrogens (tertiary/aromatic N) is 2. The highest BCUT2D eigenvalue weighted by Crippen LogP contribution is 2.41. The largest absolute Gasteiger partial charge is 0.345 e. The molecule has 20 heavy (non-hydrogen) atoms. The second-order valence-corrected chi connectivity index (χ2v) is 7.04. The van der Waals surface area contributed by atoms with E-state index in [1.165, 1.54) is 37.2 Å². The summed E-state index contributed by atoms with van der Waals surface area (Å²) >= 11 is 0. The van der Waals surface area contributed by atoms with Crippen LogP contribution in [0.1, 0.15) is 57.0 Å². The normalized spacial score (nSPS) is 30.3. The summed E-state index contributed by atoms with van der Waals surface area (Å²) < 4.78 is 0. The van der Waals surface area contributed by atoms with E-state index in [9.17, 15) is 0 Å². The van der Waals surface area contributed by atoms with E-state index in [2.05, 4.69) is 41.1 Å². The molecule has 112 valence electrons. The van der Waals surface area contributed by atoms with Crippen LogP contribution in [-0.4, -0.2) is 40.5 Å². The number of aromatic amines is 1. The first-order valence-electron chi connectivity index (χ1n) is 8.10. The Labute approximate surface area is 122 Å². The summed E-state index contributed by atoms with van der Waals surface area (Å²) in [7, 11) is 2.29. The van der Waals surface area contributed by atoms with Crippen molar-refractivity contribution in [3.63, 3.8) is 0 Å². The molecule has 0 aromatic carbocycles. The Morgan fingerprint density at radius 2 is 2.05 bits per heavy atom. The van der Waals surface area contributed by atoms with Gasteiger partial charge >= 0.3 is 0 Å². The van der Waals surface area contributed by atoms with Crippen molar-refractivity contribution in [1.29, 1.82) is 0 Å². The van der Waals surface area contributed by atoms with Crippen LogP contribution in [0.3, 0.4) is 0 Å². The molecule has 4 heteroatoms. The van der Waals surface area contributed by atoms with Gasteiger partial charge in [0.1, 0.15) is 5.82 Å². The number of hydrogen-bond acceptors (Lipinski definition) is 3. The Morgan fingerprint density at radius 1 is 1.35 bits per heavy atom. The fourth-order valence-corrected chi connectivity index (χ4v) is 3.80. The lowest BCUT2D eigenvalue weighted by Gasteiger charge is -2.35. The highest BCUT2D eigenvalue weighted by atomic mass is 15.2. The molecule has 0 saturated carbocycles. The van der Waals surface area contributed by atoms with Crippen molar-refractivity contribution in [3.05, 3.63) is 17.7 Å². The molecule has 0 radical (unpaired) electrons. The van der Waals surface area contributed by atoms with Crippen LogP contribution in [-0.2, 0) is 6.54 Å². The second-order valence-electron chi connectivity index (χ2n) is 7.04. The van der Waals surface area contributed by atoms with E-state index < -0.39 is 0 Å². The molecule has 1 aromatic heterocycles. The summed E-state index contributed by atoms with van der Waals surface area (Å²) in [6, 6.07) is 1.57. The molecule has 3 rings (SSSR count). The maximum atomic E-state index is 4.65. The molecule has 2 unspecified atom stereocenters. The highest BCUT2D eigenvalue weighted by molar-refractivity contribution is 5.10. The number of imidazole rings is 1. The first-order chi connectivity index (χ1) is 9.63. The lowest BCUT2D eigenvalue weighted by molar-refractivity contribution is 0.159. The molecule has 0 spiro atoms. The number of fused-ring (bicyclic) bond motifs is 2. The molecule has 2 aliphatic heterocycles. The van der Waals surface area contributed by atoms with Gasteiger partial charge in [-0.05, 0) is 45.2 Å². The predicted molar refractivity (Wildman–Crippen MR) is 81.7 cm³/mol. The molecule has 0 amide bonds. The zero-order valence-corrected chi connectivity index (χ0v) is 13.0. The van der Waals surface area contributed by atoms with Crippen LogP contribution in [0.25, 0.3) is 0 Å². The fraction of sp³-hybridized carbons (Fsp3) is 0.812. The third-order valence-corrected chi connectivity index (χ3v) is 5.00. The quantitative estimate of drug-likeness (QED) is 0.868. The highest BCUT2D eigenvalue weighted by Gasteiger charge is 2.39. The van der Waals surface area contributed by atoms with Gasteiger partial charge < -0.3 is 15.2 Å². The lowest BCUT2D eigenvalue weighted by Crippen LogP contribution is -2.39. The number of rotatable bonds is 5. The minimum atomic E-state index is 0.641. The maximum absolute atomic E-state index is 4.65. The van der Waals surface area contributed by atoms with Crippen LogP contribution in [0.15, 0.2) is 6.20 Å². The number of aromatic nitrogens is 2. The van der Waals surface area contributed by atoms with Gasteiger partial charge in [-0.3, -0.25) is 0 Å². The SMILES string of the molecule is CC(C)CNCc1cnc(C2CC3CCC(C2)N3C)[nH]1. The summed E-state index contributed by atoms with van der Waals surface area (Å²) in [5.41, 5.74) is 1.23. The van der Waals surface area contributed by atoms with Crippen molar-refractivity contribution in [1.82, 2.24) is 20.2 Å². The van der Waals surface area contributed by atoms with Crippen molar-refractivity contribution in [2.75, 3.05) is 13.6 Å². The molecule has 0 aliphatic carbocycles. The first kappa shape index (κ1) is 14.1. The van der Waals surface area contributed by atoms with Crippen molar-refractivity contribution >= 4 is 0 Å². The first-order valence-corrected chi connectivity index (χ1v) is 8.10. The van der Waals surface area contributed by atoms with E-state index in [0.29, 0.717) is 11.8 Å². The third kappa shape index (κ3) is 2.91. The minimum absolute atomic E-state index is 0.641. The molecule has 2 bridgehead atoms. The van der Waals surface area contributed by atoms with Crippen molar-refractivity contribution in [2.45, 2.75) is 64.1 Å². The molecular formula is C16H28N4. The number of nitrogens with one attached hydrogen (secondary N) is 2. The van der Waals surface area contributed by atoms with Crippen LogP contribution in [0.2, 0.25) is 0 Å².